The molecule has 7 nitrogen and oxygen atoms in total. The fourth-order valence-corrected chi connectivity index (χ4v) is 3.37. The molecule has 0 radical (unpaired) electrons. The molecule has 0 amide bonds. The maximum absolute atomic E-state index is 12.0. The lowest BCUT2D eigenvalue weighted by molar-refractivity contribution is 0.0594. The first-order valence-corrected chi connectivity index (χ1v) is 7.82. The maximum atomic E-state index is 12.0. The topological polar surface area (TPSA) is 92.1 Å². The van der Waals surface area contributed by atoms with Crippen molar-refractivity contribution in [1.82, 2.24) is 4.98 Å². The summed E-state index contributed by atoms with van der Waals surface area (Å²) in [4.78, 5) is 18.1. The first-order chi connectivity index (χ1) is 11.0. The number of methoxy groups -OCH3 is 1. The Bertz CT molecular complexity index is 579. The minimum absolute atomic E-state index is 0.204. The van der Waals surface area contributed by atoms with E-state index in [2.05, 4.69) is 9.88 Å². The normalized spacial score (nSPS) is 19.9. The van der Waals surface area contributed by atoms with Gasteiger partial charge in [-0.15, -0.1) is 0 Å². The average molecular weight is 320 g/mol. The Labute approximate surface area is 135 Å². The van der Waals surface area contributed by atoms with Crippen LogP contribution >= 0.6 is 0 Å². The van der Waals surface area contributed by atoms with Crippen molar-refractivity contribution in [3.8, 4) is 0 Å². The van der Waals surface area contributed by atoms with Gasteiger partial charge in [0.1, 0.15) is 0 Å². The molecule has 3 rings (SSSR count). The zero-order valence-corrected chi connectivity index (χ0v) is 13.2. The summed E-state index contributed by atoms with van der Waals surface area (Å²) in [5.41, 5.74) is 1.31. The predicted molar refractivity (Wildman–Crippen MR) is 84.7 cm³/mol. The second-order valence-electron chi connectivity index (χ2n) is 6.29. The van der Waals surface area contributed by atoms with Crippen LogP contribution in [0.2, 0.25) is 0 Å². The van der Waals surface area contributed by atoms with Gasteiger partial charge in [-0.05, 0) is 30.7 Å². The number of anilines is 1. The van der Waals surface area contributed by atoms with E-state index in [-0.39, 0.29) is 16.6 Å². The quantitative estimate of drug-likeness (QED) is 0.576. The smallest absolute Gasteiger partial charge is 0.464 e. The van der Waals surface area contributed by atoms with Crippen molar-refractivity contribution >= 4 is 24.2 Å². The molecular formula is C15H21BN2O5. The number of carbonyl (C=O) groups is 1. The van der Waals surface area contributed by atoms with Gasteiger partial charge in [-0.3, -0.25) is 0 Å². The molecule has 2 saturated heterocycles. The Morgan fingerprint density at radius 1 is 1.39 bits per heavy atom. The predicted octanol–water partition coefficient (Wildman–Crippen LogP) is -0.445. The van der Waals surface area contributed by atoms with E-state index < -0.39 is 13.1 Å². The van der Waals surface area contributed by atoms with Crippen LogP contribution in [0.25, 0.3) is 0 Å². The van der Waals surface area contributed by atoms with E-state index in [4.69, 9.17) is 9.47 Å². The van der Waals surface area contributed by atoms with Crippen molar-refractivity contribution in [2.75, 3.05) is 38.3 Å². The van der Waals surface area contributed by atoms with Crippen LogP contribution in [0.5, 0.6) is 0 Å². The average Bonchev–Trinajstić information content (AvgIpc) is 3.02. The molecule has 23 heavy (non-hydrogen) atoms. The van der Waals surface area contributed by atoms with Crippen molar-refractivity contribution < 1.29 is 24.3 Å². The minimum Gasteiger partial charge on any atom is -0.464 e. The van der Waals surface area contributed by atoms with Crippen molar-refractivity contribution in [3.05, 3.63) is 18.0 Å². The summed E-state index contributed by atoms with van der Waals surface area (Å²) in [6.45, 7) is 3.18. The highest BCUT2D eigenvalue weighted by atomic mass is 16.5. The van der Waals surface area contributed by atoms with Crippen LogP contribution in [0.15, 0.2) is 12.3 Å². The second-order valence-corrected chi connectivity index (χ2v) is 6.29. The van der Waals surface area contributed by atoms with E-state index in [9.17, 15) is 14.8 Å². The molecule has 2 aliphatic heterocycles. The van der Waals surface area contributed by atoms with Gasteiger partial charge < -0.3 is 24.4 Å². The van der Waals surface area contributed by atoms with E-state index in [0.717, 1.165) is 45.6 Å². The number of aromatic nitrogens is 1. The Hall–Kier alpha value is -1.64. The number of piperidine rings is 1. The summed E-state index contributed by atoms with van der Waals surface area (Å²) in [6, 6.07) is 1.60. The van der Waals surface area contributed by atoms with Crippen molar-refractivity contribution in [3.63, 3.8) is 0 Å². The first kappa shape index (κ1) is 16.2. The molecule has 2 N–H and O–H groups in total. The van der Waals surface area contributed by atoms with Crippen LogP contribution in [0, 0.1) is 5.41 Å². The molecule has 0 saturated carbocycles. The van der Waals surface area contributed by atoms with E-state index in [1.807, 2.05) is 0 Å². The molecule has 3 heterocycles. The van der Waals surface area contributed by atoms with E-state index in [1.165, 1.54) is 13.3 Å². The molecule has 0 aliphatic carbocycles. The number of hydrogen-bond donors (Lipinski definition) is 2. The largest absolute Gasteiger partial charge is 0.490 e. The van der Waals surface area contributed by atoms with Gasteiger partial charge in [0.25, 0.3) is 0 Å². The Morgan fingerprint density at radius 3 is 2.70 bits per heavy atom. The summed E-state index contributed by atoms with van der Waals surface area (Å²) in [7, 11) is -0.309. The van der Waals surface area contributed by atoms with Crippen LogP contribution in [0.3, 0.4) is 0 Å². The van der Waals surface area contributed by atoms with Gasteiger partial charge >= 0.3 is 13.1 Å². The fraction of sp³-hybridized carbons (Fsp3) is 0.600. The molecule has 0 atom stereocenters. The lowest BCUT2D eigenvalue weighted by atomic mass is 9.77. The summed E-state index contributed by atoms with van der Waals surface area (Å²) in [5, 5.41) is 18.7. The standard InChI is InChI=1S/C15H21BN2O5/c1-22-14(19)13-12(8-11(9-17-13)16(20)21)18-5-2-15(3-6-18)4-7-23-10-15/h8-9,20-21H,2-7,10H2,1H3. The van der Waals surface area contributed by atoms with Gasteiger partial charge in [0.05, 0.1) is 19.4 Å². The zero-order valence-electron chi connectivity index (χ0n) is 13.2. The number of pyridine rings is 1. The fourth-order valence-electron chi connectivity index (χ4n) is 3.37. The van der Waals surface area contributed by atoms with Gasteiger partial charge in [0.2, 0.25) is 0 Å². The number of nitrogens with zero attached hydrogens (tertiary/aromatic N) is 2. The summed E-state index contributed by atoms with van der Waals surface area (Å²) in [6.07, 6.45) is 4.34. The van der Waals surface area contributed by atoms with Gasteiger partial charge in [-0.25, -0.2) is 9.78 Å². The summed E-state index contributed by atoms with van der Waals surface area (Å²) < 4.78 is 10.3. The number of ether oxygens (including phenoxy) is 2. The summed E-state index contributed by atoms with van der Waals surface area (Å²) in [5.74, 6) is -0.525. The lowest BCUT2D eigenvalue weighted by Crippen LogP contribution is -2.42. The molecule has 8 heteroatoms. The van der Waals surface area contributed by atoms with Crippen LogP contribution in [0.1, 0.15) is 29.8 Å². The van der Waals surface area contributed by atoms with Gasteiger partial charge in [0.15, 0.2) is 5.69 Å². The molecule has 1 aromatic rings. The van der Waals surface area contributed by atoms with Crippen LogP contribution in [-0.4, -0.2) is 61.5 Å². The van der Waals surface area contributed by atoms with Crippen LogP contribution in [0.4, 0.5) is 5.69 Å². The molecule has 2 fully saturated rings. The first-order valence-electron chi connectivity index (χ1n) is 7.82. The molecule has 0 aromatic carbocycles. The van der Waals surface area contributed by atoms with Gasteiger partial charge in [-0.2, -0.15) is 0 Å². The van der Waals surface area contributed by atoms with Crippen molar-refractivity contribution in [2.45, 2.75) is 19.3 Å². The minimum atomic E-state index is -1.62. The molecule has 0 unspecified atom stereocenters. The number of esters is 1. The molecule has 2 aliphatic rings. The number of hydrogen-bond acceptors (Lipinski definition) is 7. The third-order valence-corrected chi connectivity index (χ3v) is 4.92. The molecular weight excluding hydrogens is 299 g/mol. The second kappa shape index (κ2) is 6.47. The molecule has 124 valence electrons. The third-order valence-electron chi connectivity index (χ3n) is 4.92. The lowest BCUT2D eigenvalue weighted by Gasteiger charge is -2.39. The highest BCUT2D eigenvalue weighted by Gasteiger charge is 2.38. The molecule has 1 aromatic heterocycles. The van der Waals surface area contributed by atoms with Gasteiger partial charge in [-0.1, -0.05) is 0 Å². The Morgan fingerprint density at radius 2 is 2.13 bits per heavy atom. The zero-order chi connectivity index (χ0) is 16.4. The van der Waals surface area contributed by atoms with Gasteiger partial charge in [0, 0.05) is 31.4 Å². The van der Waals surface area contributed by atoms with Crippen molar-refractivity contribution in [2.24, 2.45) is 5.41 Å². The highest BCUT2D eigenvalue weighted by molar-refractivity contribution is 6.58. The van der Waals surface area contributed by atoms with E-state index in [1.54, 1.807) is 6.07 Å². The van der Waals surface area contributed by atoms with Crippen LogP contribution in [-0.2, 0) is 9.47 Å². The Balaban J connectivity index is 1.85. The maximum Gasteiger partial charge on any atom is 0.490 e. The van der Waals surface area contributed by atoms with Crippen LogP contribution < -0.4 is 10.4 Å². The third kappa shape index (κ3) is 3.20. The monoisotopic (exact) mass is 320 g/mol. The molecule has 1 spiro atoms. The van der Waals surface area contributed by atoms with Crippen molar-refractivity contribution in [1.29, 1.82) is 0 Å². The summed E-state index contributed by atoms with van der Waals surface area (Å²) >= 11 is 0. The van der Waals surface area contributed by atoms with E-state index in [0.29, 0.717) is 5.69 Å². The highest BCUT2D eigenvalue weighted by Crippen LogP contribution is 2.40. The van der Waals surface area contributed by atoms with E-state index >= 15 is 0 Å². The SMILES string of the molecule is COC(=O)c1ncc(B(O)O)cc1N1CCC2(CCOC2)CC1. The molecule has 0 bridgehead atoms. The number of rotatable bonds is 3. The number of carbonyl (C=O) groups excluding carboxylic acids is 1. The Kier molecular flexibility index (Phi) is 4.56.